The Bertz CT molecular complexity index is 204. The molecule has 0 aromatic heterocycles. The lowest BCUT2D eigenvalue weighted by Gasteiger charge is -2.17. The Kier molecular flexibility index (Phi) is 4.58. The fourth-order valence-corrected chi connectivity index (χ4v) is 1.22. The van der Waals surface area contributed by atoms with Crippen LogP contribution in [-0.4, -0.2) is 25.7 Å². The summed E-state index contributed by atoms with van der Waals surface area (Å²) in [6.45, 7) is 8.30. The minimum absolute atomic E-state index is 0.125. The van der Waals surface area contributed by atoms with Crippen LogP contribution in [0.4, 0.5) is 0 Å². The molecule has 3 nitrogen and oxygen atoms in total. The highest BCUT2D eigenvalue weighted by Crippen LogP contribution is 2.27. The second kappa shape index (κ2) is 5.50. The Hall–Kier alpha value is -0.570. The Morgan fingerprint density at radius 3 is 2.60 bits per heavy atom. The Morgan fingerprint density at radius 2 is 2.07 bits per heavy atom. The molecule has 3 heteroatoms. The summed E-state index contributed by atoms with van der Waals surface area (Å²) >= 11 is 0. The molecule has 0 atom stereocenters. The van der Waals surface area contributed by atoms with Gasteiger partial charge in [0.15, 0.2) is 0 Å². The highest BCUT2D eigenvalue weighted by Gasteiger charge is 2.20. The van der Waals surface area contributed by atoms with E-state index in [9.17, 15) is 4.79 Å². The van der Waals surface area contributed by atoms with Gasteiger partial charge in [-0.25, -0.2) is 0 Å². The third kappa shape index (κ3) is 7.37. The van der Waals surface area contributed by atoms with Crippen molar-refractivity contribution >= 4 is 5.97 Å². The van der Waals surface area contributed by atoms with Crippen LogP contribution in [0.15, 0.2) is 0 Å². The SMILES string of the molecule is CC(C)(C)CCOC(=O)CNCC1CC1. The monoisotopic (exact) mass is 213 g/mol. The van der Waals surface area contributed by atoms with E-state index in [1.165, 1.54) is 12.8 Å². The predicted molar refractivity (Wildman–Crippen MR) is 60.6 cm³/mol. The summed E-state index contributed by atoms with van der Waals surface area (Å²) in [5.74, 6) is 0.687. The number of rotatable bonds is 6. The molecular weight excluding hydrogens is 190 g/mol. The molecule has 0 heterocycles. The summed E-state index contributed by atoms with van der Waals surface area (Å²) < 4.78 is 5.12. The van der Waals surface area contributed by atoms with Gasteiger partial charge >= 0.3 is 5.97 Å². The molecular formula is C12H23NO2. The van der Waals surface area contributed by atoms with Crippen molar-refractivity contribution in [3.05, 3.63) is 0 Å². The smallest absolute Gasteiger partial charge is 0.319 e. The van der Waals surface area contributed by atoms with Crippen LogP contribution in [0, 0.1) is 11.3 Å². The molecule has 88 valence electrons. The summed E-state index contributed by atoms with van der Waals surface area (Å²) in [6, 6.07) is 0. The second-order valence-corrected chi connectivity index (χ2v) is 5.61. The van der Waals surface area contributed by atoms with Gasteiger partial charge in [0, 0.05) is 0 Å². The molecule has 0 aromatic carbocycles. The van der Waals surface area contributed by atoms with Gasteiger partial charge < -0.3 is 10.1 Å². The largest absolute Gasteiger partial charge is 0.465 e. The topological polar surface area (TPSA) is 38.3 Å². The van der Waals surface area contributed by atoms with Crippen LogP contribution in [0.2, 0.25) is 0 Å². The molecule has 15 heavy (non-hydrogen) atoms. The Labute approximate surface area is 92.6 Å². The first kappa shape index (κ1) is 12.5. The first-order valence-corrected chi connectivity index (χ1v) is 5.84. The van der Waals surface area contributed by atoms with Crippen molar-refractivity contribution in [3.8, 4) is 0 Å². The Balaban J connectivity index is 1.93. The van der Waals surface area contributed by atoms with Gasteiger partial charge in [-0.15, -0.1) is 0 Å². The van der Waals surface area contributed by atoms with Gasteiger partial charge in [0.2, 0.25) is 0 Å². The molecule has 1 aliphatic carbocycles. The molecule has 1 saturated carbocycles. The van der Waals surface area contributed by atoms with Gasteiger partial charge in [-0.1, -0.05) is 20.8 Å². The van der Waals surface area contributed by atoms with Crippen molar-refractivity contribution in [1.29, 1.82) is 0 Å². The number of carbonyl (C=O) groups is 1. The van der Waals surface area contributed by atoms with Gasteiger partial charge in [-0.2, -0.15) is 0 Å². The van der Waals surface area contributed by atoms with Gasteiger partial charge in [0.05, 0.1) is 13.2 Å². The van der Waals surface area contributed by atoms with Crippen LogP contribution in [0.5, 0.6) is 0 Å². The van der Waals surface area contributed by atoms with Crippen LogP contribution in [0.1, 0.15) is 40.0 Å². The summed E-state index contributed by atoms with van der Waals surface area (Å²) in [6.07, 6.45) is 3.54. The molecule has 0 saturated heterocycles. The van der Waals surface area contributed by atoms with Crippen molar-refractivity contribution in [2.24, 2.45) is 11.3 Å². The molecule has 0 aromatic rings. The highest BCUT2D eigenvalue weighted by atomic mass is 16.5. The highest BCUT2D eigenvalue weighted by molar-refractivity contribution is 5.71. The average Bonchev–Trinajstić information content (AvgIpc) is 2.85. The van der Waals surface area contributed by atoms with E-state index in [-0.39, 0.29) is 11.4 Å². The van der Waals surface area contributed by atoms with Crippen LogP contribution in [0.3, 0.4) is 0 Å². The molecule has 0 amide bonds. The normalized spacial score (nSPS) is 16.5. The van der Waals surface area contributed by atoms with Crippen molar-refractivity contribution in [2.45, 2.75) is 40.0 Å². The molecule has 0 aliphatic heterocycles. The Morgan fingerprint density at radius 1 is 1.40 bits per heavy atom. The van der Waals surface area contributed by atoms with Crippen LogP contribution in [0.25, 0.3) is 0 Å². The minimum atomic E-state index is -0.125. The maximum Gasteiger partial charge on any atom is 0.319 e. The summed E-state index contributed by atoms with van der Waals surface area (Å²) in [5, 5.41) is 3.12. The first-order valence-electron chi connectivity index (χ1n) is 5.84. The number of ether oxygens (including phenoxy) is 1. The third-order valence-electron chi connectivity index (χ3n) is 2.51. The van der Waals surface area contributed by atoms with E-state index in [0.29, 0.717) is 13.2 Å². The second-order valence-electron chi connectivity index (χ2n) is 5.61. The molecule has 0 radical (unpaired) electrons. The van der Waals surface area contributed by atoms with Crippen molar-refractivity contribution in [3.63, 3.8) is 0 Å². The van der Waals surface area contributed by atoms with Crippen LogP contribution >= 0.6 is 0 Å². The van der Waals surface area contributed by atoms with E-state index in [0.717, 1.165) is 18.9 Å². The molecule has 1 fully saturated rings. The summed E-state index contributed by atoms with van der Waals surface area (Å²) in [7, 11) is 0. The first-order chi connectivity index (χ1) is 6.97. The number of esters is 1. The number of hydrogen-bond acceptors (Lipinski definition) is 3. The average molecular weight is 213 g/mol. The predicted octanol–water partition coefficient (Wildman–Crippen LogP) is 1.97. The van der Waals surface area contributed by atoms with Crippen LogP contribution in [-0.2, 0) is 9.53 Å². The lowest BCUT2D eigenvalue weighted by Crippen LogP contribution is -2.27. The lowest BCUT2D eigenvalue weighted by molar-refractivity contribution is -0.143. The number of nitrogens with one attached hydrogen (secondary N) is 1. The van der Waals surface area contributed by atoms with Crippen molar-refractivity contribution in [2.75, 3.05) is 19.7 Å². The molecule has 0 bridgehead atoms. The van der Waals surface area contributed by atoms with Gasteiger partial charge in [-0.05, 0) is 37.1 Å². The maximum absolute atomic E-state index is 11.2. The zero-order chi connectivity index (χ0) is 11.3. The number of hydrogen-bond donors (Lipinski definition) is 1. The lowest BCUT2D eigenvalue weighted by atomic mass is 9.93. The maximum atomic E-state index is 11.2. The van der Waals surface area contributed by atoms with E-state index in [2.05, 4.69) is 26.1 Å². The van der Waals surface area contributed by atoms with E-state index in [1.807, 2.05) is 0 Å². The van der Waals surface area contributed by atoms with Gasteiger partial charge in [-0.3, -0.25) is 4.79 Å². The molecule has 0 spiro atoms. The fourth-order valence-electron chi connectivity index (χ4n) is 1.22. The van der Waals surface area contributed by atoms with E-state index >= 15 is 0 Å². The van der Waals surface area contributed by atoms with Crippen molar-refractivity contribution < 1.29 is 9.53 Å². The van der Waals surface area contributed by atoms with Gasteiger partial charge in [0.25, 0.3) is 0 Å². The number of carbonyl (C=O) groups excluding carboxylic acids is 1. The summed E-state index contributed by atoms with van der Waals surface area (Å²) in [4.78, 5) is 11.2. The van der Waals surface area contributed by atoms with Crippen LogP contribution < -0.4 is 5.32 Å². The zero-order valence-corrected chi connectivity index (χ0v) is 10.1. The van der Waals surface area contributed by atoms with E-state index < -0.39 is 0 Å². The van der Waals surface area contributed by atoms with E-state index in [1.54, 1.807) is 0 Å². The standard InChI is InChI=1S/C12H23NO2/c1-12(2,3)6-7-15-11(14)9-13-8-10-4-5-10/h10,13H,4-9H2,1-3H3. The summed E-state index contributed by atoms with van der Waals surface area (Å²) in [5.41, 5.74) is 0.238. The minimum Gasteiger partial charge on any atom is -0.465 e. The zero-order valence-electron chi connectivity index (χ0n) is 10.1. The fraction of sp³-hybridized carbons (Fsp3) is 0.917. The molecule has 1 rings (SSSR count). The van der Waals surface area contributed by atoms with Gasteiger partial charge in [0.1, 0.15) is 0 Å². The van der Waals surface area contributed by atoms with E-state index in [4.69, 9.17) is 4.74 Å². The molecule has 0 unspecified atom stereocenters. The third-order valence-corrected chi connectivity index (χ3v) is 2.51. The molecule has 1 aliphatic rings. The van der Waals surface area contributed by atoms with Crippen molar-refractivity contribution in [1.82, 2.24) is 5.32 Å². The quantitative estimate of drug-likeness (QED) is 0.685. The molecule has 1 N–H and O–H groups in total.